The van der Waals surface area contributed by atoms with Crippen molar-refractivity contribution in [3.63, 3.8) is 0 Å². The third kappa shape index (κ3) is 2.52. The lowest BCUT2D eigenvalue weighted by Crippen LogP contribution is -2.69. The molecule has 3 rings (SSSR count). The van der Waals surface area contributed by atoms with E-state index in [1.54, 1.807) is 21.3 Å². The molecule has 3 saturated heterocycles. The van der Waals surface area contributed by atoms with Gasteiger partial charge in [-0.3, -0.25) is 0 Å². The number of rotatable bonds is 6. The van der Waals surface area contributed by atoms with Crippen molar-refractivity contribution in [1.29, 1.82) is 0 Å². The van der Waals surface area contributed by atoms with Crippen LogP contribution < -0.4 is 0 Å². The van der Waals surface area contributed by atoms with Gasteiger partial charge in [-0.05, 0) is 32.5 Å². The van der Waals surface area contributed by atoms with Crippen LogP contribution in [-0.4, -0.2) is 77.5 Å². The topological polar surface area (TPSA) is 49.4 Å². The second-order valence-corrected chi connectivity index (χ2v) is 12.3. The van der Waals surface area contributed by atoms with Crippen LogP contribution in [0.2, 0.25) is 19.6 Å². The van der Waals surface area contributed by atoms with Crippen LogP contribution in [0, 0.1) is 0 Å². The van der Waals surface area contributed by atoms with Crippen molar-refractivity contribution in [2.24, 2.45) is 0 Å². The molecule has 3 aliphatic rings. The summed E-state index contributed by atoms with van der Waals surface area (Å²) in [4.78, 5) is 2.41. The molecule has 134 valence electrons. The van der Waals surface area contributed by atoms with E-state index in [9.17, 15) is 0 Å². The van der Waals surface area contributed by atoms with Crippen molar-refractivity contribution in [3.8, 4) is 0 Å². The zero-order valence-electron chi connectivity index (χ0n) is 15.3. The van der Waals surface area contributed by atoms with Crippen LogP contribution in [0.25, 0.3) is 0 Å². The van der Waals surface area contributed by atoms with Crippen LogP contribution in [0.3, 0.4) is 0 Å². The number of methoxy groups -OCH3 is 3. The average Bonchev–Trinajstić information content (AvgIpc) is 2.95. The van der Waals surface area contributed by atoms with E-state index < -0.39 is 19.6 Å². The molecule has 0 radical (unpaired) electrons. The Balaban J connectivity index is 2.10. The van der Waals surface area contributed by atoms with E-state index in [1.807, 2.05) is 0 Å². The highest BCUT2D eigenvalue weighted by Crippen LogP contribution is 2.57. The van der Waals surface area contributed by atoms with E-state index in [0.29, 0.717) is 6.61 Å². The van der Waals surface area contributed by atoms with E-state index in [-0.39, 0.29) is 18.4 Å². The molecule has 0 aromatic carbocycles. The van der Waals surface area contributed by atoms with Crippen LogP contribution in [-0.2, 0) is 23.4 Å². The van der Waals surface area contributed by atoms with Crippen molar-refractivity contribution in [1.82, 2.24) is 4.90 Å². The normalized spacial score (nSPS) is 43.8. The van der Waals surface area contributed by atoms with Crippen molar-refractivity contribution in [3.05, 3.63) is 0 Å². The summed E-state index contributed by atoms with van der Waals surface area (Å²) in [6.07, 6.45) is 2.67. The molecule has 0 unspecified atom stereocenters. The SMILES string of the molecule is COC[C@@]12O[C@@H](C[C@@H](OC)[C@@H]1OC)N1CCC[C@@]12O[Si](C)(C)C. The molecule has 0 N–H and O–H groups in total. The molecule has 0 amide bonds. The van der Waals surface area contributed by atoms with E-state index in [2.05, 4.69) is 24.5 Å². The maximum absolute atomic E-state index is 6.83. The predicted octanol–water partition coefficient (Wildman–Crippen LogP) is 1.81. The average molecular weight is 346 g/mol. The first-order chi connectivity index (χ1) is 10.8. The van der Waals surface area contributed by atoms with Gasteiger partial charge in [0.25, 0.3) is 0 Å². The third-order valence-corrected chi connectivity index (χ3v) is 6.31. The van der Waals surface area contributed by atoms with E-state index >= 15 is 0 Å². The monoisotopic (exact) mass is 345 g/mol. The minimum Gasteiger partial charge on any atom is -0.397 e. The molecular formula is C16H31NO5Si. The zero-order chi connectivity index (χ0) is 16.9. The van der Waals surface area contributed by atoms with Crippen molar-refractivity contribution >= 4 is 8.32 Å². The molecular weight excluding hydrogens is 314 g/mol. The molecule has 3 aliphatic heterocycles. The fourth-order valence-corrected chi connectivity index (χ4v) is 6.24. The van der Waals surface area contributed by atoms with Gasteiger partial charge in [0.05, 0.1) is 12.7 Å². The molecule has 7 heteroatoms. The highest BCUT2D eigenvalue weighted by molar-refractivity contribution is 6.69. The van der Waals surface area contributed by atoms with Gasteiger partial charge in [0, 0.05) is 34.3 Å². The lowest BCUT2D eigenvalue weighted by Gasteiger charge is -2.51. The minimum absolute atomic E-state index is 0.0124. The number of fused-ring (bicyclic) bond motifs is 5. The third-order valence-electron chi connectivity index (χ3n) is 5.36. The number of hydrogen-bond donors (Lipinski definition) is 0. The maximum Gasteiger partial charge on any atom is 0.186 e. The second kappa shape index (κ2) is 6.05. The Morgan fingerprint density at radius 1 is 1.17 bits per heavy atom. The molecule has 0 aromatic rings. The minimum atomic E-state index is -1.80. The largest absolute Gasteiger partial charge is 0.397 e. The van der Waals surface area contributed by atoms with Crippen LogP contribution in [0.5, 0.6) is 0 Å². The molecule has 0 spiro atoms. The summed E-state index contributed by atoms with van der Waals surface area (Å²) in [7, 11) is 3.40. The molecule has 5 atom stereocenters. The van der Waals surface area contributed by atoms with Gasteiger partial charge in [-0.1, -0.05) is 0 Å². The maximum atomic E-state index is 6.83. The quantitative estimate of drug-likeness (QED) is 0.684. The standard InChI is InChI=1S/C16H31NO5Si/c1-18-11-15-14(20-3)12(19-2)10-13(21-15)17-9-7-8-16(15,17)22-23(4,5)6/h12-14H,7-11H2,1-6H3/t12-,13+,14+,15-,16+/m1/s1. The number of ether oxygens (including phenoxy) is 4. The molecule has 0 saturated carbocycles. The molecule has 0 aromatic heterocycles. The summed E-state index contributed by atoms with van der Waals surface area (Å²) in [5.74, 6) is 0. The van der Waals surface area contributed by atoms with Crippen molar-refractivity contribution in [2.75, 3.05) is 34.5 Å². The second-order valence-electron chi connectivity index (χ2n) is 7.86. The first-order valence-corrected chi connectivity index (χ1v) is 11.9. The highest BCUT2D eigenvalue weighted by Gasteiger charge is 2.74. The Morgan fingerprint density at radius 3 is 2.48 bits per heavy atom. The van der Waals surface area contributed by atoms with Gasteiger partial charge in [-0.25, -0.2) is 4.90 Å². The van der Waals surface area contributed by atoms with E-state index in [4.69, 9.17) is 23.4 Å². The van der Waals surface area contributed by atoms with E-state index in [1.165, 1.54) is 0 Å². The lowest BCUT2D eigenvalue weighted by molar-refractivity contribution is -0.262. The van der Waals surface area contributed by atoms with Gasteiger partial charge in [0.2, 0.25) is 0 Å². The fraction of sp³-hybridized carbons (Fsp3) is 1.00. The summed E-state index contributed by atoms with van der Waals surface area (Å²) in [6, 6.07) is 0. The Morgan fingerprint density at radius 2 is 1.91 bits per heavy atom. The molecule has 3 heterocycles. The molecule has 0 aliphatic carbocycles. The van der Waals surface area contributed by atoms with Gasteiger partial charge in [0.1, 0.15) is 18.1 Å². The number of nitrogens with zero attached hydrogens (tertiary/aromatic N) is 1. The summed E-state index contributed by atoms with van der Waals surface area (Å²) in [6.45, 7) is 8.14. The molecule has 3 fully saturated rings. The highest BCUT2D eigenvalue weighted by atomic mass is 28.4. The Bertz CT molecular complexity index is 445. The molecule has 6 nitrogen and oxygen atoms in total. The molecule has 23 heavy (non-hydrogen) atoms. The summed E-state index contributed by atoms with van der Waals surface area (Å²) >= 11 is 0. The van der Waals surface area contributed by atoms with Crippen LogP contribution in [0.4, 0.5) is 0 Å². The summed E-state index contributed by atoms with van der Waals surface area (Å²) in [5.41, 5.74) is -1.11. The Hall–Kier alpha value is -0.0231. The molecule has 2 bridgehead atoms. The Kier molecular flexibility index (Phi) is 4.68. The fourth-order valence-electron chi connectivity index (χ4n) is 4.84. The first kappa shape index (κ1) is 17.8. The lowest BCUT2D eigenvalue weighted by atomic mass is 9.81. The van der Waals surface area contributed by atoms with Gasteiger partial charge in [0.15, 0.2) is 13.9 Å². The van der Waals surface area contributed by atoms with Crippen LogP contribution in [0.1, 0.15) is 19.3 Å². The van der Waals surface area contributed by atoms with Gasteiger partial charge < -0.3 is 23.4 Å². The van der Waals surface area contributed by atoms with Crippen LogP contribution >= 0.6 is 0 Å². The van der Waals surface area contributed by atoms with Crippen molar-refractivity contribution < 1.29 is 23.4 Å². The predicted molar refractivity (Wildman–Crippen MR) is 88.8 cm³/mol. The zero-order valence-corrected chi connectivity index (χ0v) is 16.3. The van der Waals surface area contributed by atoms with Gasteiger partial charge >= 0.3 is 0 Å². The number of hydrogen-bond acceptors (Lipinski definition) is 6. The smallest absolute Gasteiger partial charge is 0.186 e. The summed E-state index contributed by atoms with van der Waals surface area (Å²) in [5, 5.41) is 0. The van der Waals surface area contributed by atoms with E-state index in [0.717, 1.165) is 25.8 Å². The van der Waals surface area contributed by atoms with Crippen LogP contribution in [0.15, 0.2) is 0 Å². The first-order valence-electron chi connectivity index (χ1n) is 8.53. The van der Waals surface area contributed by atoms with Gasteiger partial charge in [-0.15, -0.1) is 0 Å². The Labute approximate surface area is 140 Å². The van der Waals surface area contributed by atoms with Crippen molar-refractivity contribution in [2.45, 2.75) is 68.7 Å². The summed E-state index contributed by atoms with van der Waals surface area (Å²) < 4.78 is 30.7. The van der Waals surface area contributed by atoms with Gasteiger partial charge in [-0.2, -0.15) is 0 Å².